The molecule has 1 aliphatic rings. The molecule has 116 valence electrons. The first-order valence-corrected chi connectivity index (χ1v) is 6.85. The second-order valence-corrected chi connectivity index (χ2v) is 5.60. The van der Waals surface area contributed by atoms with Crippen LogP contribution in [0.4, 0.5) is 19.0 Å². The molecule has 0 spiro atoms. The number of alkyl halides is 3. The fourth-order valence-corrected chi connectivity index (χ4v) is 2.74. The van der Waals surface area contributed by atoms with Gasteiger partial charge in [0.05, 0.1) is 5.56 Å². The zero-order valence-electron chi connectivity index (χ0n) is 11.9. The zero-order chi connectivity index (χ0) is 15.8. The fraction of sp³-hybridized carbons (Fsp3) is 0.571. The van der Waals surface area contributed by atoms with Crippen LogP contribution >= 0.6 is 0 Å². The molecule has 1 amide bonds. The van der Waals surface area contributed by atoms with Crippen molar-refractivity contribution in [3.8, 4) is 0 Å². The summed E-state index contributed by atoms with van der Waals surface area (Å²) in [7, 11) is 0. The largest absolute Gasteiger partial charge is 0.433 e. The number of pyridine rings is 1. The normalized spacial score (nSPS) is 23.2. The second kappa shape index (κ2) is 5.54. The van der Waals surface area contributed by atoms with Gasteiger partial charge in [-0.25, -0.2) is 4.98 Å². The van der Waals surface area contributed by atoms with E-state index in [1.165, 1.54) is 0 Å². The van der Waals surface area contributed by atoms with E-state index in [1.807, 2.05) is 6.92 Å². The molecular formula is C14H18F3N3O. The van der Waals surface area contributed by atoms with Crippen LogP contribution in [0.3, 0.4) is 0 Å². The molecule has 2 heterocycles. The van der Waals surface area contributed by atoms with E-state index < -0.39 is 17.8 Å². The first-order chi connectivity index (χ1) is 9.70. The molecule has 2 rings (SSSR count). The van der Waals surface area contributed by atoms with Crippen LogP contribution in [0.25, 0.3) is 0 Å². The number of nitrogens with two attached hydrogens (primary N) is 1. The maximum absolute atomic E-state index is 12.8. The summed E-state index contributed by atoms with van der Waals surface area (Å²) < 4.78 is 38.5. The summed E-state index contributed by atoms with van der Waals surface area (Å²) in [5.74, 6) is -0.229. The Morgan fingerprint density at radius 2 is 2.05 bits per heavy atom. The van der Waals surface area contributed by atoms with E-state index in [-0.39, 0.29) is 17.4 Å². The van der Waals surface area contributed by atoms with Gasteiger partial charge in [-0.3, -0.25) is 4.79 Å². The lowest BCUT2D eigenvalue weighted by Gasteiger charge is -2.38. The van der Waals surface area contributed by atoms with E-state index >= 15 is 0 Å². The van der Waals surface area contributed by atoms with Gasteiger partial charge in [0.1, 0.15) is 11.5 Å². The van der Waals surface area contributed by atoms with Crippen LogP contribution in [0.5, 0.6) is 0 Å². The quantitative estimate of drug-likeness (QED) is 0.913. The first-order valence-electron chi connectivity index (χ1n) is 6.85. The van der Waals surface area contributed by atoms with Crippen LogP contribution in [0.15, 0.2) is 12.1 Å². The smallest absolute Gasteiger partial charge is 0.365 e. The number of rotatable bonds is 2. The maximum atomic E-state index is 12.8. The fourth-order valence-electron chi connectivity index (χ4n) is 2.74. The summed E-state index contributed by atoms with van der Waals surface area (Å²) >= 11 is 0. The van der Waals surface area contributed by atoms with Crippen LogP contribution in [-0.2, 0) is 6.18 Å². The van der Waals surface area contributed by atoms with Crippen molar-refractivity contribution in [2.75, 3.05) is 11.4 Å². The number of hydrogen-bond donors (Lipinski definition) is 1. The monoisotopic (exact) mass is 301 g/mol. The third-order valence-corrected chi connectivity index (χ3v) is 3.84. The molecule has 2 atom stereocenters. The number of aromatic nitrogens is 1. The summed E-state index contributed by atoms with van der Waals surface area (Å²) in [6.45, 7) is 4.59. The van der Waals surface area contributed by atoms with Gasteiger partial charge in [0.25, 0.3) is 5.91 Å². The van der Waals surface area contributed by atoms with Crippen molar-refractivity contribution in [1.82, 2.24) is 4.98 Å². The molecule has 2 N–H and O–H groups in total. The molecule has 0 aromatic carbocycles. The Morgan fingerprint density at radius 1 is 1.38 bits per heavy atom. The van der Waals surface area contributed by atoms with Gasteiger partial charge >= 0.3 is 6.18 Å². The first kappa shape index (κ1) is 15.6. The summed E-state index contributed by atoms with van der Waals surface area (Å²) in [6.07, 6.45) is -2.85. The predicted octanol–water partition coefficient (Wildman–Crippen LogP) is 2.82. The Balaban J connectivity index is 2.46. The molecule has 0 saturated carbocycles. The van der Waals surface area contributed by atoms with Gasteiger partial charge in [-0.1, -0.05) is 6.92 Å². The van der Waals surface area contributed by atoms with Gasteiger partial charge in [-0.05, 0) is 37.8 Å². The number of carbonyl (C=O) groups excluding carboxylic acids is 1. The number of primary amides is 1. The Hall–Kier alpha value is -1.79. The molecule has 21 heavy (non-hydrogen) atoms. The Morgan fingerprint density at radius 3 is 2.57 bits per heavy atom. The molecule has 1 saturated heterocycles. The number of carbonyl (C=O) groups is 1. The van der Waals surface area contributed by atoms with Crippen molar-refractivity contribution < 1.29 is 18.0 Å². The van der Waals surface area contributed by atoms with Crippen LogP contribution in [0, 0.1) is 5.92 Å². The molecule has 0 aliphatic carbocycles. The molecule has 1 aromatic rings. The van der Waals surface area contributed by atoms with E-state index in [9.17, 15) is 18.0 Å². The van der Waals surface area contributed by atoms with Crippen molar-refractivity contribution in [3.63, 3.8) is 0 Å². The highest BCUT2D eigenvalue weighted by atomic mass is 19.4. The Kier molecular flexibility index (Phi) is 4.11. The van der Waals surface area contributed by atoms with Gasteiger partial charge in [-0.2, -0.15) is 13.2 Å². The average molecular weight is 301 g/mol. The van der Waals surface area contributed by atoms with Crippen molar-refractivity contribution in [2.45, 2.75) is 38.9 Å². The van der Waals surface area contributed by atoms with Crippen LogP contribution < -0.4 is 10.6 Å². The molecule has 2 unspecified atom stereocenters. The molecule has 0 bridgehead atoms. The average Bonchev–Trinajstić information content (AvgIpc) is 2.37. The molecule has 7 heteroatoms. The summed E-state index contributed by atoms with van der Waals surface area (Å²) in [6, 6.07) is 1.92. The van der Waals surface area contributed by atoms with Crippen molar-refractivity contribution >= 4 is 11.7 Å². The van der Waals surface area contributed by atoms with Crippen molar-refractivity contribution in [3.05, 3.63) is 23.4 Å². The third-order valence-electron chi connectivity index (χ3n) is 3.84. The molecule has 1 aromatic heterocycles. The lowest BCUT2D eigenvalue weighted by molar-refractivity contribution is -0.141. The van der Waals surface area contributed by atoms with E-state index in [4.69, 9.17) is 5.73 Å². The van der Waals surface area contributed by atoms with E-state index in [1.54, 1.807) is 4.90 Å². The van der Waals surface area contributed by atoms with Crippen LogP contribution in [0.2, 0.25) is 0 Å². The van der Waals surface area contributed by atoms with Gasteiger partial charge < -0.3 is 10.6 Å². The molecule has 0 radical (unpaired) electrons. The summed E-state index contributed by atoms with van der Waals surface area (Å²) in [4.78, 5) is 16.9. The number of hydrogen-bond acceptors (Lipinski definition) is 3. The van der Waals surface area contributed by atoms with Crippen molar-refractivity contribution in [2.24, 2.45) is 11.7 Å². The zero-order valence-corrected chi connectivity index (χ0v) is 11.9. The van der Waals surface area contributed by atoms with Crippen LogP contribution in [-0.4, -0.2) is 23.5 Å². The lowest BCUT2D eigenvalue weighted by Crippen LogP contribution is -2.42. The number of amides is 1. The number of nitrogens with zero attached hydrogens (tertiary/aromatic N) is 2. The maximum Gasteiger partial charge on any atom is 0.433 e. The van der Waals surface area contributed by atoms with E-state index in [0.29, 0.717) is 12.5 Å². The van der Waals surface area contributed by atoms with Gasteiger partial charge in [0, 0.05) is 12.6 Å². The van der Waals surface area contributed by atoms with Gasteiger partial charge in [0.15, 0.2) is 0 Å². The van der Waals surface area contributed by atoms with E-state index in [0.717, 1.165) is 25.0 Å². The standard InChI is InChI=1S/C14H18F3N3O/c1-8-5-6-20(9(2)7-8)13-10(12(18)21)3-4-11(19-13)14(15,16)17/h3-4,8-9H,5-7H2,1-2H3,(H2,18,21). The summed E-state index contributed by atoms with van der Waals surface area (Å²) in [5, 5.41) is 0. The lowest BCUT2D eigenvalue weighted by atomic mass is 9.93. The van der Waals surface area contributed by atoms with Gasteiger partial charge in [-0.15, -0.1) is 0 Å². The Labute approximate surface area is 121 Å². The molecular weight excluding hydrogens is 283 g/mol. The number of piperidine rings is 1. The van der Waals surface area contributed by atoms with Crippen molar-refractivity contribution in [1.29, 1.82) is 0 Å². The highest BCUT2D eigenvalue weighted by molar-refractivity contribution is 5.97. The topological polar surface area (TPSA) is 59.2 Å². The molecule has 4 nitrogen and oxygen atoms in total. The Bertz CT molecular complexity index is 545. The minimum absolute atomic E-state index is 0.0165. The number of halogens is 3. The highest BCUT2D eigenvalue weighted by Gasteiger charge is 2.35. The van der Waals surface area contributed by atoms with Crippen LogP contribution in [0.1, 0.15) is 42.7 Å². The second-order valence-electron chi connectivity index (χ2n) is 5.60. The predicted molar refractivity (Wildman–Crippen MR) is 73.0 cm³/mol. The molecule has 1 aliphatic heterocycles. The minimum Gasteiger partial charge on any atom is -0.365 e. The summed E-state index contributed by atoms with van der Waals surface area (Å²) in [5.41, 5.74) is 4.29. The number of anilines is 1. The van der Waals surface area contributed by atoms with E-state index in [2.05, 4.69) is 11.9 Å². The SMILES string of the molecule is CC1CCN(c2nc(C(F)(F)F)ccc2C(N)=O)C(C)C1. The minimum atomic E-state index is -4.54. The molecule has 1 fully saturated rings. The van der Waals surface area contributed by atoms with Gasteiger partial charge in [0.2, 0.25) is 0 Å². The highest BCUT2D eigenvalue weighted by Crippen LogP contribution is 2.33. The third kappa shape index (κ3) is 3.28.